The summed E-state index contributed by atoms with van der Waals surface area (Å²) in [7, 11) is -1.43. The first kappa shape index (κ1) is 16.0. The van der Waals surface area contributed by atoms with E-state index in [0.717, 1.165) is 5.56 Å². The molecule has 0 saturated heterocycles. The number of amides is 1. The number of hydrogen-bond acceptors (Lipinski definition) is 4. The van der Waals surface area contributed by atoms with Gasteiger partial charge in [0.05, 0.1) is 5.69 Å². The summed E-state index contributed by atoms with van der Waals surface area (Å²) < 4.78 is 14.0. The molecule has 0 saturated carbocycles. The van der Waals surface area contributed by atoms with Crippen LogP contribution in [-0.2, 0) is 9.89 Å². The van der Waals surface area contributed by atoms with Crippen molar-refractivity contribution in [2.45, 2.75) is 0 Å². The maximum atomic E-state index is 12.7. The van der Waals surface area contributed by atoms with Crippen LogP contribution < -0.4 is 14.9 Å². The van der Waals surface area contributed by atoms with Crippen LogP contribution in [-0.4, -0.2) is 32.7 Å². The number of nitrogens with one attached hydrogen (secondary N) is 1. The highest BCUT2D eigenvalue weighted by molar-refractivity contribution is 8.00. The molecule has 2 rings (SSSR count). The summed E-state index contributed by atoms with van der Waals surface area (Å²) >= 11 is 0. The molecule has 1 atom stereocenters. The molecule has 0 radical (unpaired) electrons. The standard InChI is InChI=1S/C14H16N4O3S/c1-18(12-7-8-16-13(9-12)14(19)17-20)22(15,21)10-11-5-3-2-4-6-11/h2-10,20H,1H3,(H2,15,21)(H,17,19). The van der Waals surface area contributed by atoms with Crippen molar-refractivity contribution in [3.63, 3.8) is 0 Å². The Morgan fingerprint density at radius 1 is 1.36 bits per heavy atom. The van der Waals surface area contributed by atoms with Crippen LogP contribution in [0.15, 0.2) is 48.7 Å². The molecule has 0 aliphatic heterocycles. The fraction of sp³-hybridized carbons (Fsp3) is 0.0714. The van der Waals surface area contributed by atoms with E-state index in [4.69, 9.17) is 10.3 Å². The topological polar surface area (TPSA) is 109 Å². The molecular weight excluding hydrogens is 304 g/mol. The molecule has 0 aliphatic carbocycles. The minimum atomic E-state index is -2.98. The van der Waals surface area contributed by atoms with Gasteiger partial charge in [0, 0.05) is 18.6 Å². The van der Waals surface area contributed by atoms with E-state index in [1.165, 1.54) is 27.4 Å². The van der Waals surface area contributed by atoms with E-state index in [0.29, 0.717) is 5.69 Å². The number of nitrogens with two attached hydrogens (primary N) is 1. The number of rotatable bonds is 4. The molecule has 0 aliphatic rings. The molecule has 22 heavy (non-hydrogen) atoms. The highest BCUT2D eigenvalue weighted by atomic mass is 32.2. The number of aromatic nitrogens is 1. The van der Waals surface area contributed by atoms with Crippen molar-refractivity contribution in [1.82, 2.24) is 10.5 Å². The summed E-state index contributed by atoms with van der Waals surface area (Å²) in [5.74, 6) is -0.759. The van der Waals surface area contributed by atoms with Crippen LogP contribution in [0.4, 0.5) is 5.69 Å². The Hall–Kier alpha value is -2.42. The van der Waals surface area contributed by atoms with Crippen molar-refractivity contribution in [1.29, 1.82) is 0 Å². The van der Waals surface area contributed by atoms with Crippen LogP contribution in [0.1, 0.15) is 16.1 Å². The maximum absolute atomic E-state index is 12.7. The molecule has 7 nitrogen and oxygen atoms in total. The van der Waals surface area contributed by atoms with Crippen LogP contribution in [0.2, 0.25) is 0 Å². The van der Waals surface area contributed by atoms with Crippen LogP contribution >= 0.6 is 0 Å². The zero-order valence-corrected chi connectivity index (χ0v) is 12.7. The first-order valence-corrected chi connectivity index (χ1v) is 7.94. The normalized spacial score (nSPS) is 13.0. The van der Waals surface area contributed by atoms with Crippen molar-refractivity contribution < 1.29 is 14.2 Å². The van der Waals surface area contributed by atoms with Gasteiger partial charge in [-0.05, 0) is 17.7 Å². The SMILES string of the molecule is CN(c1ccnc(C(=O)NO)c1)S(N)(=O)=Cc1ccccc1. The molecule has 1 unspecified atom stereocenters. The first-order chi connectivity index (χ1) is 10.4. The van der Waals surface area contributed by atoms with Gasteiger partial charge in [-0.25, -0.2) is 14.8 Å². The van der Waals surface area contributed by atoms with Crippen molar-refractivity contribution in [3.05, 3.63) is 59.9 Å². The molecule has 1 heterocycles. The van der Waals surface area contributed by atoms with Gasteiger partial charge < -0.3 is 0 Å². The lowest BCUT2D eigenvalue weighted by Crippen LogP contribution is -2.35. The zero-order chi connectivity index (χ0) is 16.2. The largest absolute Gasteiger partial charge is 0.293 e. The summed E-state index contributed by atoms with van der Waals surface area (Å²) in [5.41, 5.74) is 2.65. The number of carbonyl (C=O) groups excluding carboxylic acids is 1. The molecule has 1 amide bonds. The molecule has 2 aromatic rings. The van der Waals surface area contributed by atoms with Crippen molar-refractivity contribution in [3.8, 4) is 0 Å². The molecule has 0 fully saturated rings. The molecular formula is C14H16N4O3S. The second kappa shape index (κ2) is 6.56. The number of benzene rings is 1. The Morgan fingerprint density at radius 3 is 2.68 bits per heavy atom. The van der Waals surface area contributed by atoms with Crippen LogP contribution in [0.25, 0.3) is 0 Å². The third kappa shape index (κ3) is 3.61. The van der Waals surface area contributed by atoms with Crippen LogP contribution in [0, 0.1) is 0 Å². The van der Waals surface area contributed by atoms with Crippen molar-refractivity contribution in [2.75, 3.05) is 11.4 Å². The molecule has 8 heteroatoms. The van der Waals surface area contributed by atoms with Crippen LogP contribution in [0.3, 0.4) is 0 Å². The number of anilines is 1. The number of hydroxylamine groups is 1. The summed E-state index contributed by atoms with van der Waals surface area (Å²) in [4.78, 5) is 15.2. The molecule has 4 N–H and O–H groups in total. The Morgan fingerprint density at radius 2 is 2.05 bits per heavy atom. The molecule has 1 aromatic heterocycles. The lowest BCUT2D eigenvalue weighted by atomic mass is 10.2. The third-order valence-corrected chi connectivity index (χ3v) is 4.65. The van der Waals surface area contributed by atoms with Gasteiger partial charge in [-0.15, -0.1) is 0 Å². The second-order valence-corrected chi connectivity index (χ2v) is 6.49. The van der Waals surface area contributed by atoms with E-state index in [1.54, 1.807) is 25.2 Å². The van der Waals surface area contributed by atoms with E-state index in [-0.39, 0.29) is 5.69 Å². The number of carbonyl (C=O) groups is 1. The summed E-state index contributed by atoms with van der Waals surface area (Å²) in [6.07, 6.45) is 1.37. The predicted octanol–water partition coefficient (Wildman–Crippen LogP) is 0.560. The van der Waals surface area contributed by atoms with Gasteiger partial charge in [0.1, 0.15) is 15.6 Å². The zero-order valence-electron chi connectivity index (χ0n) is 11.8. The maximum Gasteiger partial charge on any atom is 0.293 e. The quantitative estimate of drug-likeness (QED) is 0.434. The Kier molecular flexibility index (Phi) is 4.76. The summed E-state index contributed by atoms with van der Waals surface area (Å²) in [6, 6.07) is 12.0. The van der Waals surface area contributed by atoms with E-state index in [9.17, 15) is 9.00 Å². The average Bonchev–Trinajstić information content (AvgIpc) is 2.54. The van der Waals surface area contributed by atoms with Gasteiger partial charge in [0.15, 0.2) is 0 Å². The summed E-state index contributed by atoms with van der Waals surface area (Å²) in [5, 5.41) is 16.0. The first-order valence-electron chi connectivity index (χ1n) is 6.30. The monoisotopic (exact) mass is 320 g/mol. The number of hydrogen-bond donors (Lipinski definition) is 3. The van der Waals surface area contributed by atoms with Gasteiger partial charge in [0.25, 0.3) is 5.91 Å². The van der Waals surface area contributed by atoms with Gasteiger partial charge >= 0.3 is 0 Å². The van der Waals surface area contributed by atoms with E-state index < -0.39 is 15.8 Å². The van der Waals surface area contributed by atoms with Gasteiger partial charge in [-0.2, -0.15) is 0 Å². The minimum Gasteiger partial charge on any atom is -0.291 e. The third-order valence-electron chi connectivity index (χ3n) is 2.97. The minimum absolute atomic E-state index is 0.0123. The lowest BCUT2D eigenvalue weighted by molar-refractivity contribution is 0.0701. The van der Waals surface area contributed by atoms with Gasteiger partial charge in [0.2, 0.25) is 0 Å². The van der Waals surface area contributed by atoms with Crippen molar-refractivity contribution >= 4 is 26.9 Å². The molecule has 0 bridgehead atoms. The fourth-order valence-corrected chi connectivity index (χ4v) is 2.92. The Bertz CT molecular complexity index is 786. The van der Waals surface area contributed by atoms with Crippen molar-refractivity contribution in [2.24, 2.45) is 5.14 Å². The van der Waals surface area contributed by atoms with E-state index in [1.807, 2.05) is 18.2 Å². The van der Waals surface area contributed by atoms with E-state index in [2.05, 4.69) is 4.98 Å². The van der Waals surface area contributed by atoms with Crippen LogP contribution in [0.5, 0.6) is 0 Å². The molecule has 116 valence electrons. The average molecular weight is 320 g/mol. The Balaban J connectivity index is 2.38. The van der Waals surface area contributed by atoms with E-state index >= 15 is 0 Å². The summed E-state index contributed by atoms with van der Waals surface area (Å²) in [6.45, 7) is 0. The molecule has 1 aromatic carbocycles. The highest BCUT2D eigenvalue weighted by Crippen LogP contribution is 2.15. The second-order valence-electron chi connectivity index (χ2n) is 4.48. The predicted molar refractivity (Wildman–Crippen MR) is 85.8 cm³/mol. The smallest absolute Gasteiger partial charge is 0.291 e. The lowest BCUT2D eigenvalue weighted by Gasteiger charge is -2.22. The van der Waals surface area contributed by atoms with Gasteiger partial charge in [-0.1, -0.05) is 30.3 Å². The fourth-order valence-electron chi connectivity index (χ4n) is 1.77. The van der Waals surface area contributed by atoms with Gasteiger partial charge in [-0.3, -0.25) is 19.3 Å². The highest BCUT2D eigenvalue weighted by Gasteiger charge is 2.13. The number of pyridine rings is 1. The number of nitrogens with zero attached hydrogens (tertiary/aromatic N) is 2. The molecule has 0 spiro atoms. The Labute approximate surface area is 128 Å².